The van der Waals surface area contributed by atoms with Crippen LogP contribution in [0.15, 0.2) is 150 Å². The van der Waals surface area contributed by atoms with Crippen molar-refractivity contribution in [1.29, 1.82) is 0 Å². The molecule has 0 radical (unpaired) electrons. The lowest BCUT2D eigenvalue weighted by atomic mass is 9.97. The minimum Gasteiger partial charge on any atom is -0.396 e. The molecule has 0 bridgehead atoms. The summed E-state index contributed by atoms with van der Waals surface area (Å²) < 4.78 is 41.8. The number of aliphatic hydroxyl groups is 3. The molecule has 8 aromatic rings. The number of piperidine rings is 4. The van der Waals surface area contributed by atoms with Gasteiger partial charge in [0.2, 0.25) is 23.6 Å². The summed E-state index contributed by atoms with van der Waals surface area (Å²) in [7, 11) is 0. The number of hydrogen-bond acceptors (Lipinski definition) is 19. The Morgan fingerprint density at radius 1 is 0.408 bits per heavy atom. The van der Waals surface area contributed by atoms with E-state index in [-0.39, 0.29) is 108 Å². The van der Waals surface area contributed by atoms with E-state index in [1.54, 1.807) is 60.8 Å². The van der Waals surface area contributed by atoms with Gasteiger partial charge in [-0.3, -0.25) is 19.2 Å². The molecule has 4 aromatic carbocycles. The minimum absolute atomic E-state index is 0.00140. The van der Waals surface area contributed by atoms with E-state index < -0.39 is 5.82 Å². The summed E-state index contributed by atoms with van der Waals surface area (Å²) in [5, 5.41) is 59.8. The molecule has 11 N–H and O–H groups in total. The van der Waals surface area contributed by atoms with Crippen LogP contribution in [0.4, 0.5) is 13.2 Å². The van der Waals surface area contributed by atoms with Gasteiger partial charge in [0.1, 0.15) is 37.5 Å². The van der Waals surface area contributed by atoms with Gasteiger partial charge in [0, 0.05) is 93.5 Å². The number of aliphatic hydroxyl groups excluding tert-OH is 3. The Labute approximate surface area is 757 Å². The lowest BCUT2D eigenvalue weighted by Gasteiger charge is -2.31. The number of carbonyl (C=O) groups is 4. The molecule has 0 saturated carbocycles. The molecule has 8 heterocycles. The van der Waals surface area contributed by atoms with Crippen LogP contribution < -0.4 is 42.5 Å². The number of aromatic nitrogens is 4. The maximum Gasteiger partial charge on any atom is 0.248 e. The van der Waals surface area contributed by atoms with Crippen LogP contribution in [0.3, 0.4) is 0 Å². The Kier molecular flexibility index (Phi) is 33.7. The Balaban J connectivity index is 0.000000143. The number of hydrogen-bond donors (Lipinski definition) is 11. The van der Waals surface area contributed by atoms with E-state index in [2.05, 4.69) is 66.3 Å². The van der Waals surface area contributed by atoms with Crippen molar-refractivity contribution in [2.75, 3.05) is 32.8 Å². The molecule has 125 heavy (non-hydrogen) atoms. The van der Waals surface area contributed by atoms with Crippen molar-refractivity contribution < 1.29 is 47.7 Å². The van der Waals surface area contributed by atoms with Crippen molar-refractivity contribution in [2.45, 2.75) is 232 Å². The molecule has 4 amide bonds. The van der Waals surface area contributed by atoms with E-state index in [9.17, 15) is 47.7 Å². The summed E-state index contributed by atoms with van der Waals surface area (Å²) >= 11 is 18.1. The average Bonchev–Trinajstić information content (AvgIpc) is 1.69. The van der Waals surface area contributed by atoms with Gasteiger partial charge in [-0.25, -0.2) is 33.1 Å². The van der Waals surface area contributed by atoms with E-state index in [4.69, 9.17) is 33.2 Å². The fraction of sp³-hybridized carbons (Fsp3) is 0.423. The first-order chi connectivity index (χ1) is 60.4. The summed E-state index contributed by atoms with van der Waals surface area (Å²) in [4.78, 5) is 75.7. The van der Waals surface area contributed by atoms with Crippen LogP contribution in [-0.2, 0) is 45.2 Å². The summed E-state index contributed by atoms with van der Waals surface area (Å²) in [6.07, 6.45) is 32.6. The SMILES string of the molecule is CCc1sc(C(NC(=O)C2=CC=C(c3ccc(Cl)cc3)C2)C2CCCCN2)nc1C.Cc1ccc(C2=CC=C(C(=O)NC(c3nc(C)c(CCCO)s3)C3CCCCN3)C2)cc1F.Cc1ccc(C2=CC=C(C(=O)NC(c3nc(C)c(CO)s3)C3CCCCN3)C2)cc1F.Cc1nc(C(NC(=O)C2=CC=C(c3ccc(Cl)c(F)c3)C2)C2CCCCN2)sc1CO. The van der Waals surface area contributed by atoms with Crippen LogP contribution in [0.25, 0.3) is 22.3 Å². The lowest BCUT2D eigenvalue weighted by molar-refractivity contribution is -0.119. The second kappa shape index (κ2) is 44.8. The van der Waals surface area contributed by atoms with E-state index in [0.717, 1.165) is 211 Å². The number of benzene rings is 4. The average molecular weight is 1820 g/mol. The Bertz CT molecular complexity index is 5280. The smallest absolute Gasteiger partial charge is 0.248 e. The Hall–Kier alpha value is -8.71. The molecule has 0 spiro atoms. The highest BCUT2D eigenvalue weighted by atomic mass is 35.5. The quantitative estimate of drug-likeness (QED) is 0.0240. The first kappa shape index (κ1) is 93.9. The van der Waals surface area contributed by atoms with Crippen LogP contribution in [-0.4, -0.2) is 116 Å². The fourth-order valence-corrected chi connectivity index (χ4v) is 21.5. The topological polar surface area (TPSA) is 277 Å². The van der Waals surface area contributed by atoms with Crippen molar-refractivity contribution in [2.24, 2.45) is 0 Å². The van der Waals surface area contributed by atoms with Gasteiger partial charge in [0.15, 0.2) is 0 Å². The highest BCUT2D eigenvalue weighted by Gasteiger charge is 2.37. The number of thiazole rings is 4. The molecular weight excluding hydrogens is 1700 g/mol. The normalized spacial score (nSPS) is 19.6. The molecule has 4 aliphatic heterocycles. The first-order valence-corrected chi connectivity index (χ1v) is 47.6. The standard InChI is InChI=1S/C26H32FN3O2S.C24H28ClN3OS.C24H28FN3O2S.C23H25ClFN3O2S/c1-16-8-9-19(15-21(16)27)18-10-11-20(14-18)25(32)30-24(22-6-3-4-12-28-22)26-29-17(2)23(33-26)7-5-13-31;1-3-21-15(2)27-24(30-21)22(20-6-4-5-13-26-20)28-23(29)18-8-7-17(14-18)16-9-11-19(25)12-10-16;1-14-6-7-17(12-19(14)25)16-8-9-18(11-16)23(30)28-22(20-5-3-4-10-26-20)24-27-15(2)21(13-29)31-24;1-13-20(12-29)31-23(27-13)21(19-4-2-3-9-26-19)28-22(30)16-6-5-14(10-16)15-7-8-17(24)18(25)11-15/h8-11,15,22,24,28,31H,3-7,12-14H2,1-2H3,(H,30,32);7-12,20,22,26H,3-6,13-14H2,1-2H3,(H,28,29);6-9,12,20,22,26,29H,3-5,10-11,13H2,1-2H3,(H,28,30);5-8,11,19,21,26,29H,2-4,9-10,12H2,1H3,(H,28,30). The molecule has 16 rings (SSSR count). The third kappa shape index (κ3) is 24.4. The highest BCUT2D eigenvalue weighted by Crippen LogP contribution is 2.40. The molecular formula is C97H113Cl2F3N12O7S4. The Morgan fingerprint density at radius 2 is 0.712 bits per heavy atom. The summed E-state index contributed by atoms with van der Waals surface area (Å²) in [6.45, 7) is 17.3. The van der Waals surface area contributed by atoms with Crippen LogP contribution in [0.1, 0.15) is 236 Å². The lowest BCUT2D eigenvalue weighted by Crippen LogP contribution is -2.46. The largest absolute Gasteiger partial charge is 0.396 e. The zero-order valence-corrected chi connectivity index (χ0v) is 76.7. The van der Waals surface area contributed by atoms with Gasteiger partial charge in [0.05, 0.1) is 74.9 Å². The second-order valence-electron chi connectivity index (χ2n) is 33.1. The van der Waals surface area contributed by atoms with Gasteiger partial charge in [-0.05, 0) is 230 Å². The van der Waals surface area contributed by atoms with Crippen molar-refractivity contribution in [3.05, 3.63) is 273 Å². The van der Waals surface area contributed by atoms with Crippen LogP contribution in [0.5, 0.6) is 0 Å². The molecule has 8 atom stereocenters. The monoisotopic (exact) mass is 1810 g/mol. The maximum atomic E-state index is 14.0. The molecule has 4 fully saturated rings. The van der Waals surface area contributed by atoms with Gasteiger partial charge in [-0.15, -0.1) is 45.3 Å². The molecule has 662 valence electrons. The maximum absolute atomic E-state index is 14.0. The van der Waals surface area contributed by atoms with Gasteiger partial charge in [-0.2, -0.15) is 0 Å². The van der Waals surface area contributed by atoms with E-state index in [0.29, 0.717) is 60.0 Å². The number of amides is 4. The third-order valence-corrected chi connectivity index (χ3v) is 29.9. The minimum atomic E-state index is -0.472. The van der Waals surface area contributed by atoms with E-state index in [1.807, 2.05) is 99.7 Å². The summed E-state index contributed by atoms with van der Waals surface area (Å²) in [6, 6.07) is 22.6. The summed E-state index contributed by atoms with van der Waals surface area (Å²) in [5.41, 5.74) is 15.0. The van der Waals surface area contributed by atoms with Crippen LogP contribution in [0, 0.1) is 59.0 Å². The van der Waals surface area contributed by atoms with Gasteiger partial charge >= 0.3 is 0 Å². The predicted molar refractivity (Wildman–Crippen MR) is 498 cm³/mol. The highest BCUT2D eigenvalue weighted by molar-refractivity contribution is 7.12. The van der Waals surface area contributed by atoms with Gasteiger partial charge in [0.25, 0.3) is 0 Å². The second-order valence-corrected chi connectivity index (χ2v) is 38.4. The van der Waals surface area contributed by atoms with Crippen LogP contribution in [0.2, 0.25) is 10.0 Å². The van der Waals surface area contributed by atoms with Gasteiger partial charge in [-0.1, -0.05) is 147 Å². The number of allylic oxidation sites excluding steroid dienone is 12. The van der Waals surface area contributed by atoms with Crippen molar-refractivity contribution in [3.63, 3.8) is 0 Å². The number of nitrogens with one attached hydrogen (secondary N) is 8. The fourth-order valence-electron chi connectivity index (χ4n) is 16.8. The predicted octanol–water partition coefficient (Wildman–Crippen LogP) is 18.5. The zero-order valence-electron chi connectivity index (χ0n) is 71.9. The molecule has 8 unspecified atom stereocenters. The van der Waals surface area contributed by atoms with E-state index in [1.165, 1.54) is 69.5 Å². The van der Waals surface area contributed by atoms with Crippen molar-refractivity contribution in [1.82, 2.24) is 62.5 Å². The number of carbonyl (C=O) groups excluding carboxylic acids is 4. The molecule has 28 heteroatoms. The summed E-state index contributed by atoms with van der Waals surface area (Å²) in [5.74, 6) is -1.33. The molecule has 4 aromatic heterocycles. The van der Waals surface area contributed by atoms with Crippen LogP contribution >= 0.6 is 68.5 Å². The molecule has 4 aliphatic carbocycles. The number of nitrogens with zero attached hydrogens (tertiary/aromatic N) is 4. The van der Waals surface area contributed by atoms with E-state index >= 15 is 0 Å². The molecule has 8 aliphatic rings. The zero-order chi connectivity index (χ0) is 88.4. The number of aryl methyl sites for hydroxylation is 8. The number of rotatable bonds is 26. The Morgan fingerprint density at radius 3 is 1.01 bits per heavy atom. The van der Waals surface area contributed by atoms with Crippen molar-refractivity contribution in [3.8, 4) is 0 Å². The van der Waals surface area contributed by atoms with Crippen molar-refractivity contribution >= 4 is 114 Å². The first-order valence-electron chi connectivity index (χ1n) is 43.6. The third-order valence-electron chi connectivity index (χ3n) is 24.2. The molecule has 4 saturated heterocycles. The number of halogens is 5. The molecule has 19 nitrogen and oxygen atoms in total. The van der Waals surface area contributed by atoms with Gasteiger partial charge < -0.3 is 57.9 Å².